The number of rotatable bonds is 3. The first-order valence-corrected chi connectivity index (χ1v) is 9.28. The first kappa shape index (κ1) is 15.2. The van der Waals surface area contributed by atoms with E-state index in [2.05, 4.69) is 34.6 Å². The van der Waals surface area contributed by atoms with E-state index >= 15 is 0 Å². The summed E-state index contributed by atoms with van der Waals surface area (Å²) in [5.41, 5.74) is 1.70. The minimum absolute atomic E-state index is 0.175. The van der Waals surface area contributed by atoms with Crippen LogP contribution in [0.25, 0.3) is 11.5 Å². The van der Waals surface area contributed by atoms with Crippen molar-refractivity contribution in [2.24, 2.45) is 0 Å². The molecular weight excluding hydrogens is 338 g/mol. The number of aromatic amines is 1. The normalized spacial score (nSPS) is 23.4. The van der Waals surface area contributed by atoms with Gasteiger partial charge in [-0.25, -0.2) is 9.97 Å². The van der Waals surface area contributed by atoms with E-state index in [0.29, 0.717) is 6.61 Å². The molecule has 1 N–H and O–H groups in total. The van der Waals surface area contributed by atoms with Gasteiger partial charge in [0.15, 0.2) is 11.6 Å². The maximum atomic E-state index is 6.25. The third-order valence-corrected chi connectivity index (χ3v) is 5.82. The minimum Gasteiger partial charge on any atom is -0.364 e. The van der Waals surface area contributed by atoms with Crippen molar-refractivity contribution in [2.75, 3.05) is 13.1 Å². The van der Waals surface area contributed by atoms with Crippen LogP contribution in [0, 0.1) is 6.92 Å². The molecule has 0 radical (unpaired) electrons. The summed E-state index contributed by atoms with van der Waals surface area (Å²) in [6, 6.07) is 0. The van der Waals surface area contributed by atoms with Gasteiger partial charge in [-0.2, -0.15) is 0 Å². The van der Waals surface area contributed by atoms with Crippen molar-refractivity contribution >= 4 is 11.3 Å². The largest absolute Gasteiger partial charge is 0.364 e. The Morgan fingerprint density at radius 2 is 2.28 bits per heavy atom. The van der Waals surface area contributed by atoms with Gasteiger partial charge < -0.3 is 14.3 Å². The SMILES string of the molecule is Cc1[nH]cnc1-c1nnc2n1CC1(CCN(Cc3nccs3)C1)OC2. The Hall–Kier alpha value is -2.10. The zero-order chi connectivity index (χ0) is 16.9. The number of fused-ring (bicyclic) bond motifs is 1. The van der Waals surface area contributed by atoms with E-state index in [1.54, 1.807) is 17.7 Å². The highest BCUT2D eigenvalue weighted by molar-refractivity contribution is 7.09. The second-order valence-corrected chi connectivity index (χ2v) is 7.74. The van der Waals surface area contributed by atoms with Crippen LogP contribution in [0.1, 0.15) is 22.9 Å². The van der Waals surface area contributed by atoms with E-state index < -0.39 is 0 Å². The van der Waals surface area contributed by atoms with Gasteiger partial charge in [0.1, 0.15) is 22.9 Å². The lowest BCUT2D eigenvalue weighted by Gasteiger charge is -2.34. The lowest BCUT2D eigenvalue weighted by atomic mass is 10.0. The molecule has 3 aromatic heterocycles. The quantitative estimate of drug-likeness (QED) is 0.767. The molecule has 0 bridgehead atoms. The number of imidazole rings is 1. The van der Waals surface area contributed by atoms with Crippen LogP contribution < -0.4 is 0 Å². The standard InChI is InChI=1S/C16H19N7OS/c1-11-14(19-10-18-11)15-21-20-12-7-24-16(9-23(12)15)2-4-22(8-16)6-13-17-3-5-25-13/h3,5,10H,2,4,6-9H2,1H3,(H,18,19). The van der Waals surface area contributed by atoms with Gasteiger partial charge in [-0.05, 0) is 13.3 Å². The summed E-state index contributed by atoms with van der Waals surface area (Å²) in [6.07, 6.45) is 4.58. The molecule has 1 spiro atoms. The van der Waals surface area contributed by atoms with Crippen molar-refractivity contribution in [1.82, 2.24) is 34.6 Å². The highest BCUT2D eigenvalue weighted by Gasteiger charge is 2.43. The second kappa shape index (κ2) is 5.72. The highest BCUT2D eigenvalue weighted by Crippen LogP contribution is 2.35. The molecule has 5 heterocycles. The van der Waals surface area contributed by atoms with Crippen molar-refractivity contribution in [3.63, 3.8) is 0 Å². The molecule has 1 fully saturated rings. The highest BCUT2D eigenvalue weighted by atomic mass is 32.1. The van der Waals surface area contributed by atoms with Crippen molar-refractivity contribution < 1.29 is 4.74 Å². The molecule has 0 saturated carbocycles. The van der Waals surface area contributed by atoms with Gasteiger partial charge in [-0.1, -0.05) is 0 Å². The summed E-state index contributed by atoms with van der Waals surface area (Å²) in [4.78, 5) is 14.4. The Morgan fingerprint density at radius 3 is 3.08 bits per heavy atom. The first-order chi connectivity index (χ1) is 12.2. The molecule has 3 aromatic rings. The number of hydrogen-bond acceptors (Lipinski definition) is 7. The van der Waals surface area contributed by atoms with Crippen molar-refractivity contribution in [2.45, 2.75) is 38.6 Å². The van der Waals surface area contributed by atoms with E-state index in [4.69, 9.17) is 4.74 Å². The van der Waals surface area contributed by atoms with Gasteiger partial charge in [0.05, 0.1) is 19.4 Å². The van der Waals surface area contributed by atoms with Crippen LogP contribution in [0.2, 0.25) is 0 Å². The zero-order valence-electron chi connectivity index (χ0n) is 14.0. The molecule has 0 amide bonds. The molecule has 8 nitrogen and oxygen atoms in total. The van der Waals surface area contributed by atoms with E-state index in [0.717, 1.165) is 60.6 Å². The summed E-state index contributed by atoms with van der Waals surface area (Å²) < 4.78 is 8.43. The van der Waals surface area contributed by atoms with Gasteiger partial charge in [-0.3, -0.25) is 4.90 Å². The fourth-order valence-corrected chi connectivity index (χ4v) is 4.41. The molecule has 5 rings (SSSR count). The number of ether oxygens (including phenoxy) is 1. The third kappa shape index (κ3) is 2.59. The topological polar surface area (TPSA) is 84.8 Å². The molecule has 130 valence electrons. The zero-order valence-corrected chi connectivity index (χ0v) is 14.8. The van der Waals surface area contributed by atoms with Gasteiger partial charge in [-0.15, -0.1) is 21.5 Å². The van der Waals surface area contributed by atoms with Crippen molar-refractivity contribution in [3.8, 4) is 11.5 Å². The van der Waals surface area contributed by atoms with Crippen LogP contribution in [-0.2, 0) is 24.4 Å². The minimum atomic E-state index is -0.175. The van der Waals surface area contributed by atoms with Gasteiger partial charge in [0.2, 0.25) is 0 Å². The Kier molecular flexibility index (Phi) is 3.47. The number of hydrogen-bond donors (Lipinski definition) is 1. The molecule has 25 heavy (non-hydrogen) atoms. The average Bonchev–Trinajstić information content (AvgIpc) is 3.37. The maximum absolute atomic E-state index is 6.25. The van der Waals surface area contributed by atoms with Crippen molar-refractivity contribution in [3.05, 3.63) is 34.4 Å². The Labute approximate surface area is 148 Å². The fourth-order valence-electron chi connectivity index (χ4n) is 3.75. The lowest BCUT2D eigenvalue weighted by Crippen LogP contribution is -2.44. The second-order valence-electron chi connectivity index (χ2n) is 6.76. The number of aromatic nitrogens is 6. The fraction of sp³-hybridized carbons (Fsp3) is 0.500. The van der Waals surface area contributed by atoms with E-state index in [1.165, 1.54) is 0 Å². The van der Waals surface area contributed by atoms with E-state index in [-0.39, 0.29) is 5.60 Å². The molecular formula is C16H19N7OS. The number of nitrogens with one attached hydrogen (secondary N) is 1. The van der Waals surface area contributed by atoms with E-state index in [1.807, 2.05) is 18.5 Å². The smallest absolute Gasteiger partial charge is 0.184 e. The predicted octanol–water partition coefficient (Wildman–Crippen LogP) is 1.61. The summed E-state index contributed by atoms with van der Waals surface area (Å²) in [6.45, 7) is 6.09. The van der Waals surface area contributed by atoms with Crippen LogP contribution in [0.5, 0.6) is 0 Å². The van der Waals surface area contributed by atoms with E-state index in [9.17, 15) is 0 Å². The Balaban J connectivity index is 1.39. The monoisotopic (exact) mass is 357 g/mol. The van der Waals surface area contributed by atoms with Crippen LogP contribution in [-0.4, -0.2) is 53.3 Å². The average molecular weight is 357 g/mol. The van der Waals surface area contributed by atoms with Crippen LogP contribution in [0.15, 0.2) is 17.9 Å². The Morgan fingerprint density at radius 1 is 1.32 bits per heavy atom. The number of likely N-dealkylation sites (tertiary alicyclic amines) is 1. The summed E-state index contributed by atoms with van der Waals surface area (Å²) in [5, 5.41) is 11.9. The van der Waals surface area contributed by atoms with Gasteiger partial charge in [0, 0.05) is 30.4 Å². The number of H-pyrrole nitrogens is 1. The maximum Gasteiger partial charge on any atom is 0.184 e. The van der Waals surface area contributed by atoms with Crippen molar-refractivity contribution in [1.29, 1.82) is 0 Å². The molecule has 1 unspecified atom stereocenters. The van der Waals surface area contributed by atoms with Crippen LogP contribution >= 0.6 is 11.3 Å². The lowest BCUT2D eigenvalue weighted by molar-refractivity contribution is -0.0821. The van der Waals surface area contributed by atoms with Gasteiger partial charge in [0.25, 0.3) is 0 Å². The summed E-state index contributed by atoms with van der Waals surface area (Å²) in [5.74, 6) is 1.70. The summed E-state index contributed by atoms with van der Waals surface area (Å²) in [7, 11) is 0. The predicted molar refractivity (Wildman–Crippen MR) is 91.9 cm³/mol. The number of aryl methyl sites for hydroxylation is 1. The first-order valence-electron chi connectivity index (χ1n) is 8.40. The molecule has 2 aliphatic rings. The molecule has 0 aliphatic carbocycles. The third-order valence-electron chi connectivity index (χ3n) is 5.06. The molecule has 0 aromatic carbocycles. The molecule has 2 aliphatic heterocycles. The number of thiazole rings is 1. The molecule has 1 saturated heterocycles. The molecule has 9 heteroatoms. The van der Waals surface area contributed by atoms with Crippen LogP contribution in [0.4, 0.5) is 0 Å². The van der Waals surface area contributed by atoms with Crippen LogP contribution in [0.3, 0.4) is 0 Å². The number of nitrogens with zero attached hydrogens (tertiary/aromatic N) is 6. The molecule has 1 atom stereocenters. The van der Waals surface area contributed by atoms with Gasteiger partial charge >= 0.3 is 0 Å². The Bertz CT molecular complexity index is 886. The summed E-state index contributed by atoms with van der Waals surface area (Å²) >= 11 is 1.71.